The maximum atomic E-state index is 12.3. The van der Waals surface area contributed by atoms with Crippen molar-refractivity contribution in [3.63, 3.8) is 0 Å². The Morgan fingerprint density at radius 3 is 2.65 bits per heavy atom. The van der Waals surface area contributed by atoms with E-state index >= 15 is 0 Å². The summed E-state index contributed by atoms with van der Waals surface area (Å²) in [6, 6.07) is 0. The van der Waals surface area contributed by atoms with E-state index < -0.39 is 19.0 Å². The van der Waals surface area contributed by atoms with Gasteiger partial charge in [-0.3, -0.25) is 4.79 Å². The molecule has 0 radical (unpaired) electrons. The molecule has 0 aromatic carbocycles. The van der Waals surface area contributed by atoms with E-state index in [2.05, 4.69) is 4.98 Å². The summed E-state index contributed by atoms with van der Waals surface area (Å²) in [6.07, 6.45) is -0.272. The van der Waals surface area contributed by atoms with Crippen molar-refractivity contribution in [3.05, 3.63) is 27.1 Å². The van der Waals surface area contributed by atoms with E-state index in [1.807, 2.05) is 6.92 Å². The number of fused-ring (bicyclic) bond motifs is 1. The maximum Gasteiger partial charge on any atom is 0.497 e. The van der Waals surface area contributed by atoms with Crippen LogP contribution in [0.3, 0.4) is 0 Å². The van der Waals surface area contributed by atoms with Gasteiger partial charge in [-0.25, -0.2) is 4.98 Å². The minimum atomic E-state index is -5.04. The van der Waals surface area contributed by atoms with Crippen LogP contribution in [0.4, 0.5) is 12.9 Å². The van der Waals surface area contributed by atoms with E-state index in [1.54, 1.807) is 6.92 Å². The Morgan fingerprint density at radius 2 is 2.06 bits per heavy atom. The molecule has 2 heterocycles. The zero-order valence-corrected chi connectivity index (χ0v) is 10.0. The fraction of sp³-hybridized carbons (Fsp3) is 0.333. The summed E-state index contributed by atoms with van der Waals surface area (Å²) in [7, 11) is 0. The molecule has 0 aliphatic carbocycles. The summed E-state index contributed by atoms with van der Waals surface area (Å²) in [4.78, 5) is 17.2. The lowest BCUT2D eigenvalue weighted by Crippen LogP contribution is -2.32. The summed E-state index contributed by atoms with van der Waals surface area (Å²) in [5.41, 5.74) is 0.0996. The predicted molar refractivity (Wildman–Crippen MR) is 62.4 cm³/mol. The molecule has 0 bridgehead atoms. The smallest absolute Gasteiger partial charge is 0.448 e. The molecule has 0 unspecified atom stereocenters. The third-order valence-electron chi connectivity index (χ3n) is 2.56. The van der Waals surface area contributed by atoms with E-state index in [9.17, 15) is 17.7 Å². The molecule has 2 rings (SSSR count). The highest BCUT2D eigenvalue weighted by Gasteiger charge is 2.25. The van der Waals surface area contributed by atoms with Crippen LogP contribution in [0.15, 0.2) is 11.1 Å². The molecule has 0 aliphatic rings. The second-order valence-corrected chi connectivity index (χ2v) is 5.08. The van der Waals surface area contributed by atoms with Crippen molar-refractivity contribution in [2.24, 2.45) is 0 Å². The normalized spacial score (nSPS) is 12.3. The average Bonchev–Trinajstić information content (AvgIpc) is 2.47. The van der Waals surface area contributed by atoms with Gasteiger partial charge in [-0.1, -0.05) is 0 Å². The van der Waals surface area contributed by atoms with Gasteiger partial charge in [0.05, 0.1) is 11.7 Å². The van der Waals surface area contributed by atoms with Crippen LogP contribution >= 0.6 is 11.3 Å². The zero-order valence-electron chi connectivity index (χ0n) is 9.21. The van der Waals surface area contributed by atoms with E-state index in [1.165, 1.54) is 11.3 Å². The van der Waals surface area contributed by atoms with Crippen molar-refractivity contribution < 1.29 is 12.9 Å². The van der Waals surface area contributed by atoms with Crippen LogP contribution in [0.25, 0.3) is 10.2 Å². The van der Waals surface area contributed by atoms with Crippen LogP contribution in [0.5, 0.6) is 0 Å². The van der Waals surface area contributed by atoms with Crippen molar-refractivity contribution in [1.82, 2.24) is 9.55 Å². The summed E-state index contributed by atoms with van der Waals surface area (Å²) < 4.78 is 37.5. The second kappa shape index (κ2) is 3.87. The summed E-state index contributed by atoms with van der Waals surface area (Å²) in [5, 5.41) is 0.301. The molecule has 8 heteroatoms. The van der Waals surface area contributed by atoms with Gasteiger partial charge in [-0.05, 0) is 25.9 Å². The van der Waals surface area contributed by atoms with Gasteiger partial charge in [0.15, 0.2) is 0 Å². The molecular formula is C9H9BF3N2OS-. The molecule has 2 aromatic rings. The molecule has 0 saturated carbocycles. The molecule has 17 heavy (non-hydrogen) atoms. The lowest BCUT2D eigenvalue weighted by Gasteiger charge is -2.14. The first kappa shape index (κ1) is 12.2. The molecule has 0 atom stereocenters. The van der Waals surface area contributed by atoms with Gasteiger partial charge in [-0.2, -0.15) is 0 Å². The zero-order chi connectivity index (χ0) is 12.8. The first-order valence-corrected chi connectivity index (χ1v) is 5.77. The molecule has 0 fully saturated rings. The van der Waals surface area contributed by atoms with Crippen molar-refractivity contribution >= 4 is 28.5 Å². The van der Waals surface area contributed by atoms with Crippen molar-refractivity contribution in [2.45, 2.75) is 20.3 Å². The minimum absolute atomic E-state index is 0.301. The number of nitrogens with zero attached hydrogens (tertiary/aromatic N) is 2. The van der Waals surface area contributed by atoms with Crippen LogP contribution in [0.2, 0.25) is 0 Å². The fourth-order valence-electron chi connectivity index (χ4n) is 1.62. The van der Waals surface area contributed by atoms with Gasteiger partial charge in [-0.15, -0.1) is 11.3 Å². The Kier molecular flexibility index (Phi) is 2.77. The average molecular weight is 261 g/mol. The summed E-state index contributed by atoms with van der Waals surface area (Å²) >= 11 is 1.32. The molecule has 92 valence electrons. The monoisotopic (exact) mass is 261 g/mol. The number of rotatable bonds is 2. The first-order valence-electron chi connectivity index (χ1n) is 4.96. The van der Waals surface area contributed by atoms with E-state index in [0.717, 1.165) is 11.2 Å². The number of hydrogen-bond donors (Lipinski definition) is 0. The predicted octanol–water partition coefficient (Wildman–Crippen LogP) is 2.46. The topological polar surface area (TPSA) is 34.9 Å². The highest BCUT2D eigenvalue weighted by molar-refractivity contribution is 7.18. The molecule has 0 spiro atoms. The Hall–Kier alpha value is -1.31. The standard InChI is InChI=1S/C9H9BF3N2OS/c1-5-6(2)17-8-7(5)9(16)15(4-14-8)3-10(11,12)13/h4H,3H2,1-2H3/q-1. The highest BCUT2D eigenvalue weighted by Crippen LogP contribution is 2.25. The molecule has 0 amide bonds. The van der Waals surface area contributed by atoms with Gasteiger partial charge in [0.25, 0.3) is 5.56 Å². The van der Waals surface area contributed by atoms with E-state index in [0.29, 0.717) is 20.3 Å². The van der Waals surface area contributed by atoms with Crippen molar-refractivity contribution in [3.8, 4) is 0 Å². The van der Waals surface area contributed by atoms with Crippen LogP contribution < -0.4 is 5.56 Å². The fourth-order valence-corrected chi connectivity index (χ4v) is 2.61. The van der Waals surface area contributed by atoms with Crippen LogP contribution in [0, 0.1) is 13.8 Å². The van der Waals surface area contributed by atoms with Gasteiger partial charge >= 0.3 is 6.98 Å². The SMILES string of the molecule is Cc1sc2ncn(C[B-](F)(F)F)c(=O)c2c1C. The van der Waals surface area contributed by atoms with Gasteiger partial charge < -0.3 is 17.5 Å². The van der Waals surface area contributed by atoms with Crippen molar-refractivity contribution in [2.75, 3.05) is 0 Å². The highest BCUT2D eigenvalue weighted by atomic mass is 32.1. The van der Waals surface area contributed by atoms with Crippen LogP contribution in [-0.2, 0) is 6.44 Å². The Morgan fingerprint density at radius 1 is 1.41 bits per heavy atom. The Balaban J connectivity index is 2.65. The molecule has 0 aliphatic heterocycles. The third-order valence-corrected chi connectivity index (χ3v) is 3.67. The minimum Gasteiger partial charge on any atom is -0.448 e. The van der Waals surface area contributed by atoms with E-state index in [4.69, 9.17) is 0 Å². The number of thiophene rings is 1. The van der Waals surface area contributed by atoms with E-state index in [-0.39, 0.29) is 0 Å². The van der Waals surface area contributed by atoms with Crippen LogP contribution in [0.1, 0.15) is 10.4 Å². The Labute approximate surface area is 99.0 Å². The lowest BCUT2D eigenvalue weighted by molar-refractivity contribution is 0.442. The van der Waals surface area contributed by atoms with Crippen LogP contribution in [-0.4, -0.2) is 16.5 Å². The number of halogens is 3. The molecular weight excluding hydrogens is 252 g/mol. The molecule has 0 N–H and O–H groups in total. The summed E-state index contributed by atoms with van der Waals surface area (Å²) in [6.45, 7) is -1.50. The quantitative estimate of drug-likeness (QED) is 0.778. The molecule has 3 nitrogen and oxygen atoms in total. The lowest BCUT2D eigenvalue weighted by atomic mass is 9.92. The van der Waals surface area contributed by atoms with Crippen molar-refractivity contribution in [1.29, 1.82) is 0 Å². The number of hydrogen-bond acceptors (Lipinski definition) is 3. The second-order valence-electron chi connectivity index (χ2n) is 3.88. The Bertz CT molecular complexity index is 631. The summed E-state index contributed by atoms with van der Waals surface area (Å²) in [5.74, 6) is 0. The number of aryl methyl sites for hydroxylation is 2. The maximum absolute atomic E-state index is 12.3. The first-order chi connectivity index (χ1) is 7.79. The third kappa shape index (κ3) is 2.22. The molecule has 0 saturated heterocycles. The largest absolute Gasteiger partial charge is 0.497 e. The number of aromatic nitrogens is 2. The van der Waals surface area contributed by atoms with Gasteiger partial charge in [0.1, 0.15) is 4.83 Å². The molecule has 2 aromatic heterocycles. The van der Waals surface area contributed by atoms with Gasteiger partial charge in [0, 0.05) is 4.88 Å². The van der Waals surface area contributed by atoms with Gasteiger partial charge in [0.2, 0.25) is 0 Å².